The van der Waals surface area contributed by atoms with Gasteiger partial charge in [-0.3, -0.25) is 0 Å². The van der Waals surface area contributed by atoms with Gasteiger partial charge < -0.3 is 5.32 Å². The van der Waals surface area contributed by atoms with E-state index in [1.807, 2.05) is 6.07 Å². The quantitative estimate of drug-likeness (QED) is 0.845. The zero-order chi connectivity index (χ0) is 13.7. The molecule has 0 radical (unpaired) electrons. The summed E-state index contributed by atoms with van der Waals surface area (Å²) in [6.45, 7) is 4.94. The van der Waals surface area contributed by atoms with Crippen molar-refractivity contribution in [2.24, 2.45) is 5.41 Å². The summed E-state index contributed by atoms with van der Waals surface area (Å²) in [6.07, 6.45) is 3.41. The number of hydrogen-bond acceptors (Lipinski definition) is 4. The van der Waals surface area contributed by atoms with E-state index in [-0.39, 0.29) is 11.5 Å². The molecule has 0 spiro atoms. The van der Waals surface area contributed by atoms with Crippen LogP contribution in [0, 0.1) is 5.41 Å². The van der Waals surface area contributed by atoms with Gasteiger partial charge in [0.05, 0.1) is 0 Å². The Morgan fingerprint density at radius 1 is 1.37 bits per heavy atom. The predicted molar refractivity (Wildman–Crippen MR) is 76.7 cm³/mol. The average Bonchev–Trinajstić information content (AvgIpc) is 3.16. The van der Waals surface area contributed by atoms with Crippen molar-refractivity contribution in [3.63, 3.8) is 0 Å². The summed E-state index contributed by atoms with van der Waals surface area (Å²) in [6, 6.07) is 4.36. The smallest absolute Gasteiger partial charge is 0.250 e. The Labute approximate surface area is 118 Å². The largest absolute Gasteiger partial charge is 0.309 e. The molecule has 4 nitrogen and oxygen atoms in total. The standard InChI is InChI=1S/C13H20N2O2S2/c1-13(2)7-11(13)15-19(16,17)12-6-5-10(18-12)8-14-9-3-4-9/h5-6,9,11,14-15H,3-4,7-8H2,1-2H3. The van der Waals surface area contributed by atoms with Crippen molar-refractivity contribution in [2.75, 3.05) is 0 Å². The molecule has 0 aliphatic heterocycles. The number of sulfonamides is 1. The monoisotopic (exact) mass is 300 g/mol. The lowest BCUT2D eigenvalue weighted by molar-refractivity contribution is 0.556. The van der Waals surface area contributed by atoms with Gasteiger partial charge in [0, 0.05) is 23.5 Å². The van der Waals surface area contributed by atoms with E-state index in [4.69, 9.17) is 0 Å². The van der Waals surface area contributed by atoms with Gasteiger partial charge in [-0.15, -0.1) is 11.3 Å². The van der Waals surface area contributed by atoms with E-state index in [1.54, 1.807) is 6.07 Å². The fourth-order valence-corrected chi connectivity index (χ4v) is 4.77. The van der Waals surface area contributed by atoms with E-state index in [0.717, 1.165) is 17.8 Å². The molecule has 2 N–H and O–H groups in total. The molecule has 1 heterocycles. The van der Waals surface area contributed by atoms with Crippen molar-refractivity contribution >= 4 is 21.4 Å². The average molecular weight is 300 g/mol. The van der Waals surface area contributed by atoms with Crippen LogP contribution in [0.15, 0.2) is 16.3 Å². The first-order valence-corrected chi connectivity index (χ1v) is 9.01. The topological polar surface area (TPSA) is 58.2 Å². The number of thiophene rings is 1. The minimum Gasteiger partial charge on any atom is -0.309 e. The second-order valence-electron chi connectivity index (χ2n) is 6.24. The van der Waals surface area contributed by atoms with Gasteiger partial charge in [0.15, 0.2) is 0 Å². The van der Waals surface area contributed by atoms with Crippen LogP contribution in [0.2, 0.25) is 0 Å². The molecule has 0 saturated heterocycles. The molecule has 1 aromatic rings. The lowest BCUT2D eigenvalue weighted by Crippen LogP contribution is -2.27. The third kappa shape index (κ3) is 3.18. The normalized spacial score (nSPS) is 25.5. The van der Waals surface area contributed by atoms with Gasteiger partial charge in [-0.05, 0) is 36.8 Å². The zero-order valence-electron chi connectivity index (χ0n) is 11.3. The molecule has 0 amide bonds. The number of rotatable bonds is 6. The highest BCUT2D eigenvalue weighted by molar-refractivity contribution is 7.91. The van der Waals surface area contributed by atoms with Gasteiger partial charge in [0.1, 0.15) is 4.21 Å². The van der Waals surface area contributed by atoms with Crippen LogP contribution in [0.25, 0.3) is 0 Å². The summed E-state index contributed by atoms with van der Waals surface area (Å²) < 4.78 is 27.6. The van der Waals surface area contributed by atoms with Crippen LogP contribution in [-0.2, 0) is 16.6 Å². The molecular weight excluding hydrogens is 280 g/mol. The molecule has 0 aromatic carbocycles. The first-order valence-electron chi connectivity index (χ1n) is 6.71. The van der Waals surface area contributed by atoms with Crippen molar-refractivity contribution < 1.29 is 8.42 Å². The molecule has 1 atom stereocenters. The summed E-state index contributed by atoms with van der Waals surface area (Å²) in [5.41, 5.74) is 0.112. The summed E-state index contributed by atoms with van der Waals surface area (Å²) in [7, 11) is -3.33. The summed E-state index contributed by atoms with van der Waals surface area (Å²) in [5, 5.41) is 3.40. The maximum atomic E-state index is 12.2. The highest BCUT2D eigenvalue weighted by atomic mass is 32.2. The molecule has 0 bridgehead atoms. The predicted octanol–water partition coefficient (Wildman–Crippen LogP) is 2.08. The molecular formula is C13H20N2O2S2. The van der Waals surface area contributed by atoms with Crippen LogP contribution in [0.3, 0.4) is 0 Å². The fraction of sp³-hybridized carbons (Fsp3) is 0.692. The van der Waals surface area contributed by atoms with Crippen LogP contribution in [0.5, 0.6) is 0 Å². The lowest BCUT2D eigenvalue weighted by atomic mass is 10.2. The van der Waals surface area contributed by atoms with Crippen LogP contribution < -0.4 is 10.0 Å². The van der Waals surface area contributed by atoms with Crippen molar-refractivity contribution in [1.29, 1.82) is 0 Å². The molecule has 2 aliphatic rings. The number of nitrogens with one attached hydrogen (secondary N) is 2. The third-order valence-corrected chi connectivity index (χ3v) is 6.90. The maximum absolute atomic E-state index is 12.2. The third-order valence-electron chi connectivity index (χ3n) is 3.86. The second-order valence-corrected chi connectivity index (χ2v) is 9.35. The van der Waals surface area contributed by atoms with E-state index in [0.29, 0.717) is 10.3 Å². The summed E-state index contributed by atoms with van der Waals surface area (Å²) >= 11 is 1.37. The second kappa shape index (κ2) is 4.55. The Bertz CT molecular complexity index is 573. The van der Waals surface area contributed by atoms with E-state index in [9.17, 15) is 8.42 Å². The van der Waals surface area contributed by atoms with Crippen LogP contribution in [0.1, 0.15) is 38.0 Å². The molecule has 2 aliphatic carbocycles. The first-order chi connectivity index (χ1) is 8.87. The van der Waals surface area contributed by atoms with Crippen molar-refractivity contribution in [3.8, 4) is 0 Å². The fourth-order valence-electron chi connectivity index (χ4n) is 2.04. The maximum Gasteiger partial charge on any atom is 0.250 e. The Balaban J connectivity index is 1.63. The summed E-state index contributed by atoms with van der Waals surface area (Å²) in [4.78, 5) is 1.09. The van der Waals surface area contributed by atoms with Crippen molar-refractivity contribution in [1.82, 2.24) is 10.0 Å². The van der Waals surface area contributed by atoms with Gasteiger partial charge in [-0.2, -0.15) is 0 Å². The molecule has 2 saturated carbocycles. The lowest BCUT2D eigenvalue weighted by Gasteiger charge is -2.06. The Kier molecular flexibility index (Phi) is 3.24. The molecule has 1 unspecified atom stereocenters. The van der Waals surface area contributed by atoms with Crippen molar-refractivity contribution in [3.05, 3.63) is 17.0 Å². The zero-order valence-corrected chi connectivity index (χ0v) is 12.9. The Hall–Kier alpha value is -0.430. The van der Waals surface area contributed by atoms with Crippen LogP contribution in [-0.4, -0.2) is 20.5 Å². The van der Waals surface area contributed by atoms with Gasteiger partial charge in [-0.1, -0.05) is 13.8 Å². The number of hydrogen-bond donors (Lipinski definition) is 2. The molecule has 2 fully saturated rings. The minimum atomic E-state index is -3.33. The molecule has 3 rings (SSSR count). The van der Waals surface area contributed by atoms with Gasteiger partial charge in [0.2, 0.25) is 10.0 Å². The summed E-state index contributed by atoms with van der Waals surface area (Å²) in [5.74, 6) is 0. The Morgan fingerprint density at radius 2 is 2.05 bits per heavy atom. The van der Waals surface area contributed by atoms with Gasteiger partial charge in [0.25, 0.3) is 0 Å². The highest BCUT2D eigenvalue weighted by Gasteiger charge is 2.48. The highest BCUT2D eigenvalue weighted by Crippen LogP contribution is 2.45. The van der Waals surface area contributed by atoms with Gasteiger partial charge in [-0.25, -0.2) is 13.1 Å². The van der Waals surface area contributed by atoms with E-state index in [2.05, 4.69) is 23.9 Å². The van der Waals surface area contributed by atoms with E-state index in [1.165, 1.54) is 24.2 Å². The SMILES string of the molecule is CC1(C)CC1NS(=O)(=O)c1ccc(CNC2CC2)s1. The van der Waals surface area contributed by atoms with Crippen LogP contribution in [0.4, 0.5) is 0 Å². The van der Waals surface area contributed by atoms with Crippen LogP contribution >= 0.6 is 11.3 Å². The molecule has 106 valence electrons. The van der Waals surface area contributed by atoms with E-state index < -0.39 is 10.0 Å². The Morgan fingerprint density at radius 3 is 2.63 bits per heavy atom. The first kappa shape index (κ1) is 13.5. The molecule has 19 heavy (non-hydrogen) atoms. The van der Waals surface area contributed by atoms with E-state index >= 15 is 0 Å². The van der Waals surface area contributed by atoms with Crippen molar-refractivity contribution in [2.45, 2.75) is 55.9 Å². The molecule has 6 heteroatoms. The van der Waals surface area contributed by atoms with Gasteiger partial charge >= 0.3 is 0 Å². The minimum absolute atomic E-state index is 0.0904. The molecule has 1 aromatic heterocycles.